The Kier molecular flexibility index (Phi) is 5.94. The molecule has 4 rings (SSSR count). The van der Waals surface area contributed by atoms with E-state index in [1.807, 2.05) is 42.5 Å². The summed E-state index contributed by atoms with van der Waals surface area (Å²) in [5.74, 6) is 0.481. The van der Waals surface area contributed by atoms with Crippen LogP contribution in [0.5, 0.6) is 0 Å². The van der Waals surface area contributed by atoms with Crippen molar-refractivity contribution in [2.75, 3.05) is 23.4 Å². The van der Waals surface area contributed by atoms with Crippen molar-refractivity contribution in [2.45, 2.75) is 25.5 Å². The first-order chi connectivity index (χ1) is 13.8. The maximum absolute atomic E-state index is 12.4. The predicted molar refractivity (Wildman–Crippen MR) is 111 cm³/mol. The van der Waals surface area contributed by atoms with Crippen molar-refractivity contribution in [1.82, 2.24) is 10.2 Å². The molecule has 3 heterocycles. The van der Waals surface area contributed by atoms with E-state index in [1.165, 1.54) is 4.88 Å². The number of rotatable bonds is 7. The van der Waals surface area contributed by atoms with Crippen LogP contribution in [-0.2, 0) is 11.3 Å². The lowest BCUT2D eigenvalue weighted by Gasteiger charge is -2.25. The average Bonchev–Trinajstić information content (AvgIpc) is 3.43. The first-order valence-corrected chi connectivity index (χ1v) is 10.2. The van der Waals surface area contributed by atoms with Gasteiger partial charge in [-0.1, -0.05) is 24.3 Å². The molecule has 1 aliphatic heterocycles. The molecule has 3 aromatic rings. The van der Waals surface area contributed by atoms with Crippen molar-refractivity contribution in [1.29, 1.82) is 0 Å². The molecule has 0 bridgehead atoms. The quantitative estimate of drug-likeness (QED) is 0.657. The lowest BCUT2D eigenvalue weighted by molar-refractivity contribution is 0.102. The molecular weight excluding hydrogens is 372 g/mol. The lowest BCUT2D eigenvalue weighted by Crippen LogP contribution is -2.32. The monoisotopic (exact) mass is 394 g/mol. The minimum absolute atomic E-state index is 0.211. The van der Waals surface area contributed by atoms with E-state index in [0.717, 1.165) is 44.0 Å². The smallest absolute Gasteiger partial charge is 0.276 e. The van der Waals surface area contributed by atoms with Gasteiger partial charge in [0.25, 0.3) is 5.91 Å². The van der Waals surface area contributed by atoms with Gasteiger partial charge in [-0.05, 0) is 48.6 Å². The molecule has 0 radical (unpaired) electrons. The molecule has 0 spiro atoms. The molecule has 1 amide bonds. The van der Waals surface area contributed by atoms with E-state index >= 15 is 0 Å². The third-order valence-corrected chi connectivity index (χ3v) is 5.47. The number of benzene rings is 1. The van der Waals surface area contributed by atoms with E-state index in [2.05, 4.69) is 31.9 Å². The Labute approximate surface area is 168 Å². The number of nitrogens with one attached hydrogen (secondary N) is 1. The van der Waals surface area contributed by atoms with Crippen LogP contribution in [0.3, 0.4) is 0 Å². The largest absolute Gasteiger partial charge is 0.376 e. The van der Waals surface area contributed by atoms with Gasteiger partial charge < -0.3 is 15.0 Å². The molecule has 6 nitrogen and oxygen atoms in total. The van der Waals surface area contributed by atoms with E-state index in [4.69, 9.17) is 4.74 Å². The van der Waals surface area contributed by atoms with Crippen LogP contribution in [0.1, 0.15) is 28.2 Å². The number of para-hydroxylation sites is 1. The fourth-order valence-electron chi connectivity index (χ4n) is 3.20. The van der Waals surface area contributed by atoms with Crippen LogP contribution in [0, 0.1) is 0 Å². The van der Waals surface area contributed by atoms with Crippen molar-refractivity contribution in [3.8, 4) is 0 Å². The zero-order valence-electron chi connectivity index (χ0n) is 15.5. The van der Waals surface area contributed by atoms with Crippen LogP contribution in [0.2, 0.25) is 0 Å². The molecule has 1 saturated heterocycles. The summed E-state index contributed by atoms with van der Waals surface area (Å²) in [5.41, 5.74) is 1.02. The molecule has 1 atom stereocenters. The Morgan fingerprint density at radius 3 is 2.71 bits per heavy atom. The molecule has 0 aliphatic carbocycles. The number of amides is 1. The molecule has 1 N–H and O–H groups in total. The van der Waals surface area contributed by atoms with Gasteiger partial charge in [-0.2, -0.15) is 0 Å². The highest BCUT2D eigenvalue weighted by molar-refractivity contribution is 7.09. The number of thiophene rings is 1. The van der Waals surface area contributed by atoms with Crippen LogP contribution in [-0.4, -0.2) is 35.4 Å². The summed E-state index contributed by atoms with van der Waals surface area (Å²) in [6.07, 6.45) is 2.37. The van der Waals surface area contributed by atoms with Crippen LogP contribution in [0.25, 0.3) is 0 Å². The molecule has 28 heavy (non-hydrogen) atoms. The SMILES string of the molecule is O=C(Nc1ccccc1)c1ccc(N(Cc2cccs2)CC2CCCO2)nn1. The van der Waals surface area contributed by atoms with E-state index in [1.54, 1.807) is 17.4 Å². The summed E-state index contributed by atoms with van der Waals surface area (Å²) in [4.78, 5) is 15.8. The van der Waals surface area contributed by atoms with Gasteiger partial charge in [0.1, 0.15) is 0 Å². The normalized spacial score (nSPS) is 16.1. The number of carbonyl (C=O) groups is 1. The second-order valence-corrected chi connectivity index (χ2v) is 7.72. The van der Waals surface area contributed by atoms with Gasteiger partial charge in [0.15, 0.2) is 11.5 Å². The number of hydrogen-bond donors (Lipinski definition) is 1. The zero-order chi connectivity index (χ0) is 19.2. The maximum Gasteiger partial charge on any atom is 0.276 e. The molecule has 144 valence electrons. The minimum Gasteiger partial charge on any atom is -0.376 e. The third kappa shape index (κ3) is 4.74. The molecule has 0 saturated carbocycles. The van der Waals surface area contributed by atoms with Crippen LogP contribution < -0.4 is 10.2 Å². The van der Waals surface area contributed by atoms with Crippen LogP contribution in [0.4, 0.5) is 11.5 Å². The van der Waals surface area contributed by atoms with E-state index in [-0.39, 0.29) is 12.0 Å². The maximum atomic E-state index is 12.4. The van der Waals surface area contributed by atoms with Crippen molar-refractivity contribution in [3.05, 3.63) is 70.5 Å². The predicted octanol–water partition coefficient (Wildman–Crippen LogP) is 3.98. The second kappa shape index (κ2) is 8.95. The number of hydrogen-bond acceptors (Lipinski definition) is 6. The Bertz CT molecular complexity index is 879. The average molecular weight is 395 g/mol. The van der Waals surface area contributed by atoms with Crippen molar-refractivity contribution < 1.29 is 9.53 Å². The van der Waals surface area contributed by atoms with E-state index in [0.29, 0.717) is 5.69 Å². The van der Waals surface area contributed by atoms with Gasteiger partial charge in [0, 0.05) is 23.7 Å². The standard InChI is InChI=1S/C21H22N4O2S/c26-21(22-16-6-2-1-3-7-16)19-10-11-20(24-23-19)25(14-17-8-4-12-27-17)15-18-9-5-13-28-18/h1-3,5-7,9-11,13,17H,4,8,12,14-15H2,(H,22,26). The van der Waals surface area contributed by atoms with Gasteiger partial charge in [-0.25, -0.2) is 0 Å². The van der Waals surface area contributed by atoms with Crippen molar-refractivity contribution >= 4 is 28.7 Å². The summed E-state index contributed by atoms with van der Waals surface area (Å²) in [6.45, 7) is 2.34. The van der Waals surface area contributed by atoms with Crippen molar-refractivity contribution in [3.63, 3.8) is 0 Å². The molecule has 2 aromatic heterocycles. The molecule has 1 fully saturated rings. The Hall–Kier alpha value is -2.77. The van der Waals surface area contributed by atoms with Crippen LogP contribution in [0.15, 0.2) is 60.0 Å². The first kappa shape index (κ1) is 18.6. The highest BCUT2D eigenvalue weighted by atomic mass is 32.1. The third-order valence-electron chi connectivity index (χ3n) is 4.61. The highest BCUT2D eigenvalue weighted by Crippen LogP contribution is 2.21. The second-order valence-electron chi connectivity index (χ2n) is 6.69. The number of carbonyl (C=O) groups excluding carboxylic acids is 1. The topological polar surface area (TPSA) is 67.4 Å². The van der Waals surface area contributed by atoms with Crippen molar-refractivity contribution in [2.24, 2.45) is 0 Å². The summed E-state index contributed by atoms with van der Waals surface area (Å²) < 4.78 is 5.80. The summed E-state index contributed by atoms with van der Waals surface area (Å²) in [5, 5.41) is 13.4. The fraction of sp³-hybridized carbons (Fsp3) is 0.286. The van der Waals surface area contributed by atoms with Gasteiger partial charge in [-0.15, -0.1) is 21.5 Å². The molecule has 1 aliphatic rings. The fourth-order valence-corrected chi connectivity index (χ4v) is 3.91. The molecule has 7 heteroatoms. The summed E-state index contributed by atoms with van der Waals surface area (Å²) in [7, 11) is 0. The number of anilines is 2. The Morgan fingerprint density at radius 1 is 1.14 bits per heavy atom. The molecule has 1 aromatic carbocycles. The van der Waals surface area contributed by atoms with E-state index < -0.39 is 0 Å². The number of nitrogens with zero attached hydrogens (tertiary/aromatic N) is 3. The number of aromatic nitrogens is 2. The Balaban J connectivity index is 1.47. The van der Waals surface area contributed by atoms with Gasteiger partial charge in [0.05, 0.1) is 12.6 Å². The van der Waals surface area contributed by atoms with E-state index in [9.17, 15) is 4.79 Å². The minimum atomic E-state index is -0.269. The first-order valence-electron chi connectivity index (χ1n) is 9.37. The zero-order valence-corrected chi connectivity index (χ0v) is 16.3. The van der Waals surface area contributed by atoms with Gasteiger partial charge in [0.2, 0.25) is 0 Å². The number of ether oxygens (including phenoxy) is 1. The van der Waals surface area contributed by atoms with Crippen LogP contribution >= 0.6 is 11.3 Å². The summed E-state index contributed by atoms with van der Waals surface area (Å²) in [6, 6.07) is 17.1. The molecular formula is C21H22N4O2S. The van der Waals surface area contributed by atoms with Gasteiger partial charge >= 0.3 is 0 Å². The highest BCUT2D eigenvalue weighted by Gasteiger charge is 2.21. The Morgan fingerprint density at radius 2 is 2.04 bits per heavy atom. The van der Waals surface area contributed by atoms with Gasteiger partial charge in [-0.3, -0.25) is 4.79 Å². The summed E-state index contributed by atoms with van der Waals surface area (Å²) >= 11 is 1.72. The lowest BCUT2D eigenvalue weighted by atomic mass is 10.2. The molecule has 1 unspecified atom stereocenters.